The minimum absolute atomic E-state index is 0.206. The Bertz CT molecular complexity index is 633. The molecule has 0 heterocycles. The lowest BCUT2D eigenvalue weighted by Crippen LogP contribution is -2.06. The molecule has 0 aliphatic carbocycles. The first-order valence-electron chi connectivity index (χ1n) is 10.2. The van der Waals surface area contributed by atoms with Crippen LogP contribution in [0.1, 0.15) is 57.6 Å². The first-order valence-corrected chi connectivity index (χ1v) is 10.9. The smallest absolute Gasteiger partial charge is 0.125 e. The van der Waals surface area contributed by atoms with Gasteiger partial charge >= 0.3 is 0 Å². The standard InChI is InChI=1S/C22H33Cl2NO4/c1-4-18-14-20(28-13-10-21(23)24)15-19(5-2)22(18)29-12-9-7-6-8-11-27-16-17(3)25-26/h10,14-15,26H,4-9,11-13,16H2,1-3H3. The molecule has 0 aliphatic rings. The number of unbranched alkanes of at least 4 members (excludes halogenated alkanes) is 3. The van der Waals surface area contributed by atoms with Crippen molar-refractivity contribution in [1.29, 1.82) is 0 Å². The van der Waals surface area contributed by atoms with E-state index >= 15 is 0 Å². The van der Waals surface area contributed by atoms with Gasteiger partial charge in [-0.15, -0.1) is 0 Å². The highest BCUT2D eigenvalue weighted by Gasteiger charge is 2.11. The van der Waals surface area contributed by atoms with Crippen LogP contribution in [0.3, 0.4) is 0 Å². The molecule has 0 amide bonds. The van der Waals surface area contributed by atoms with Crippen molar-refractivity contribution in [1.82, 2.24) is 0 Å². The molecule has 0 saturated carbocycles. The quantitative estimate of drug-likeness (QED) is 0.148. The molecule has 0 unspecified atom stereocenters. The minimum atomic E-state index is 0.206. The number of nitrogens with zero attached hydrogens (tertiary/aromatic N) is 1. The average molecular weight is 446 g/mol. The molecule has 0 spiro atoms. The van der Waals surface area contributed by atoms with Crippen LogP contribution in [-0.4, -0.2) is 37.3 Å². The fourth-order valence-corrected chi connectivity index (χ4v) is 2.93. The summed E-state index contributed by atoms with van der Waals surface area (Å²) in [6, 6.07) is 4.05. The van der Waals surface area contributed by atoms with Crippen molar-refractivity contribution >= 4 is 28.9 Å². The molecule has 0 atom stereocenters. The number of halogens is 2. The van der Waals surface area contributed by atoms with Gasteiger partial charge in [0.15, 0.2) is 0 Å². The molecule has 5 nitrogen and oxygen atoms in total. The molecule has 0 radical (unpaired) electrons. The zero-order valence-electron chi connectivity index (χ0n) is 17.7. The van der Waals surface area contributed by atoms with Crippen LogP contribution in [0.4, 0.5) is 0 Å². The first-order chi connectivity index (χ1) is 14.0. The van der Waals surface area contributed by atoms with Gasteiger partial charge in [0.25, 0.3) is 0 Å². The normalized spacial score (nSPS) is 11.4. The summed E-state index contributed by atoms with van der Waals surface area (Å²) >= 11 is 11.3. The van der Waals surface area contributed by atoms with E-state index in [1.165, 1.54) is 0 Å². The number of aryl methyl sites for hydroxylation is 2. The van der Waals surface area contributed by atoms with Gasteiger partial charge in [-0.25, -0.2) is 0 Å². The second-order valence-electron chi connectivity index (χ2n) is 6.73. The van der Waals surface area contributed by atoms with Crippen LogP contribution in [0.5, 0.6) is 11.5 Å². The largest absolute Gasteiger partial charge is 0.493 e. The van der Waals surface area contributed by atoms with Gasteiger partial charge in [-0.1, -0.05) is 48.6 Å². The van der Waals surface area contributed by atoms with Gasteiger partial charge in [-0.3, -0.25) is 0 Å². The average Bonchev–Trinajstić information content (AvgIpc) is 2.71. The van der Waals surface area contributed by atoms with Crippen LogP contribution in [0.25, 0.3) is 0 Å². The Hall–Kier alpha value is -1.43. The summed E-state index contributed by atoms with van der Waals surface area (Å²) in [5, 5.41) is 11.6. The summed E-state index contributed by atoms with van der Waals surface area (Å²) in [6.45, 7) is 8.06. The second kappa shape index (κ2) is 15.4. The summed E-state index contributed by atoms with van der Waals surface area (Å²) < 4.78 is 17.5. The zero-order valence-corrected chi connectivity index (χ0v) is 19.2. The van der Waals surface area contributed by atoms with Crippen LogP contribution < -0.4 is 9.47 Å². The van der Waals surface area contributed by atoms with Gasteiger partial charge in [0.2, 0.25) is 0 Å². The van der Waals surface area contributed by atoms with Gasteiger partial charge in [0.1, 0.15) is 22.6 Å². The van der Waals surface area contributed by atoms with Crippen LogP contribution in [0.2, 0.25) is 0 Å². The molecule has 7 heteroatoms. The fourth-order valence-electron chi connectivity index (χ4n) is 2.80. The maximum atomic E-state index is 8.55. The highest BCUT2D eigenvalue weighted by Crippen LogP contribution is 2.31. The van der Waals surface area contributed by atoms with Gasteiger partial charge in [-0.2, -0.15) is 0 Å². The van der Waals surface area contributed by atoms with Crippen LogP contribution >= 0.6 is 23.2 Å². The maximum Gasteiger partial charge on any atom is 0.125 e. The third-order valence-corrected chi connectivity index (χ3v) is 4.69. The second-order valence-corrected chi connectivity index (χ2v) is 7.74. The Morgan fingerprint density at radius 1 is 1.00 bits per heavy atom. The number of ether oxygens (including phenoxy) is 3. The molecule has 29 heavy (non-hydrogen) atoms. The third-order valence-electron chi connectivity index (χ3n) is 4.38. The predicted octanol–water partition coefficient (Wildman–Crippen LogP) is 6.32. The van der Waals surface area contributed by atoms with E-state index in [0.29, 0.717) is 32.1 Å². The molecule has 0 saturated heterocycles. The lowest BCUT2D eigenvalue weighted by molar-refractivity contribution is 0.162. The highest BCUT2D eigenvalue weighted by atomic mass is 35.5. The van der Waals surface area contributed by atoms with E-state index in [-0.39, 0.29) is 4.49 Å². The fraction of sp³-hybridized carbons (Fsp3) is 0.591. The Labute approximate surface area is 184 Å². The Kier molecular flexibility index (Phi) is 13.6. The SMILES string of the molecule is CCc1cc(OCC=C(Cl)Cl)cc(CC)c1OCCCCCCOCC(C)=NO. The molecule has 1 aromatic rings. The maximum absolute atomic E-state index is 8.55. The number of benzene rings is 1. The number of oxime groups is 1. The molecule has 1 aromatic carbocycles. The molecule has 164 valence electrons. The molecular weight excluding hydrogens is 413 g/mol. The molecule has 1 rings (SSSR count). The molecular formula is C22H33Cl2NO4. The van der Waals surface area contributed by atoms with Crippen molar-refractivity contribution in [3.63, 3.8) is 0 Å². The predicted molar refractivity (Wildman–Crippen MR) is 120 cm³/mol. The van der Waals surface area contributed by atoms with Crippen molar-refractivity contribution < 1.29 is 19.4 Å². The molecule has 0 aliphatic heterocycles. The van der Waals surface area contributed by atoms with Crippen molar-refractivity contribution in [2.75, 3.05) is 26.4 Å². The summed E-state index contributed by atoms with van der Waals surface area (Å²) in [7, 11) is 0. The Morgan fingerprint density at radius 3 is 2.17 bits per heavy atom. The van der Waals surface area contributed by atoms with Gasteiger partial charge in [0.05, 0.1) is 18.9 Å². The third kappa shape index (κ3) is 10.8. The van der Waals surface area contributed by atoms with Gasteiger partial charge in [0, 0.05) is 6.61 Å². The van der Waals surface area contributed by atoms with E-state index in [9.17, 15) is 0 Å². The highest BCUT2D eigenvalue weighted by molar-refractivity contribution is 6.55. The molecule has 0 fully saturated rings. The van der Waals surface area contributed by atoms with Crippen molar-refractivity contribution in [3.8, 4) is 11.5 Å². The lowest BCUT2D eigenvalue weighted by atomic mass is 10.0. The van der Waals surface area contributed by atoms with E-state index in [1.54, 1.807) is 13.0 Å². The van der Waals surface area contributed by atoms with Crippen molar-refractivity contribution in [3.05, 3.63) is 33.8 Å². The number of hydrogen-bond acceptors (Lipinski definition) is 5. The monoisotopic (exact) mass is 445 g/mol. The Balaban J connectivity index is 2.43. The summed E-state index contributed by atoms with van der Waals surface area (Å²) in [6.07, 6.45) is 7.54. The van der Waals surface area contributed by atoms with E-state index < -0.39 is 0 Å². The Morgan fingerprint density at radius 2 is 1.62 bits per heavy atom. The summed E-state index contributed by atoms with van der Waals surface area (Å²) in [5.74, 6) is 1.79. The lowest BCUT2D eigenvalue weighted by Gasteiger charge is -2.17. The summed E-state index contributed by atoms with van der Waals surface area (Å²) in [4.78, 5) is 0. The zero-order chi connectivity index (χ0) is 21.5. The number of hydrogen-bond donors (Lipinski definition) is 1. The van der Waals surface area contributed by atoms with Crippen molar-refractivity contribution in [2.45, 2.75) is 59.3 Å². The van der Waals surface area contributed by atoms with Crippen LogP contribution in [-0.2, 0) is 17.6 Å². The van der Waals surface area contributed by atoms with Crippen molar-refractivity contribution in [2.24, 2.45) is 5.16 Å². The van der Waals surface area contributed by atoms with E-state index in [2.05, 4.69) is 19.0 Å². The van der Waals surface area contributed by atoms with E-state index in [1.807, 2.05) is 12.1 Å². The molecule has 0 bridgehead atoms. The molecule has 1 N–H and O–H groups in total. The first kappa shape index (κ1) is 25.6. The van der Waals surface area contributed by atoms with E-state index in [0.717, 1.165) is 61.2 Å². The van der Waals surface area contributed by atoms with Crippen LogP contribution in [0.15, 0.2) is 27.9 Å². The van der Waals surface area contributed by atoms with Crippen LogP contribution in [0, 0.1) is 0 Å². The van der Waals surface area contributed by atoms with Gasteiger partial charge < -0.3 is 19.4 Å². The summed E-state index contributed by atoms with van der Waals surface area (Å²) in [5.41, 5.74) is 2.89. The topological polar surface area (TPSA) is 60.3 Å². The van der Waals surface area contributed by atoms with Gasteiger partial charge in [-0.05, 0) is 68.4 Å². The van der Waals surface area contributed by atoms with E-state index in [4.69, 9.17) is 42.6 Å². The molecule has 0 aromatic heterocycles. The minimum Gasteiger partial charge on any atom is -0.493 e. The number of rotatable bonds is 15.